The van der Waals surface area contributed by atoms with Crippen molar-refractivity contribution >= 4 is 22.6 Å². The van der Waals surface area contributed by atoms with E-state index in [1.165, 1.54) is 22.9 Å². The van der Waals surface area contributed by atoms with Crippen LogP contribution in [-0.4, -0.2) is 33.5 Å². The predicted octanol–water partition coefficient (Wildman–Crippen LogP) is 1.07. The van der Waals surface area contributed by atoms with Crippen LogP contribution in [-0.2, 0) is 11.8 Å². The van der Waals surface area contributed by atoms with Gasteiger partial charge in [-0.25, -0.2) is 0 Å². The molecule has 0 bridgehead atoms. The summed E-state index contributed by atoms with van der Waals surface area (Å²) < 4.78 is 39.1. The molecule has 0 fully saturated rings. The number of nitrogens with two attached hydrogens (primary N) is 1. The number of nitrogens with one attached hydrogen (secondary N) is 1. The summed E-state index contributed by atoms with van der Waals surface area (Å²) in [4.78, 5) is 10.8. The van der Waals surface area contributed by atoms with Crippen molar-refractivity contribution in [3.05, 3.63) is 23.8 Å². The summed E-state index contributed by atoms with van der Waals surface area (Å²) in [5.74, 6) is -0.400. The van der Waals surface area contributed by atoms with Crippen molar-refractivity contribution in [1.82, 2.24) is 9.78 Å². The van der Waals surface area contributed by atoms with Crippen LogP contribution in [0.3, 0.4) is 0 Å². The number of carbonyl (C=O) groups excluding carboxylic acids is 1. The van der Waals surface area contributed by atoms with E-state index < -0.39 is 18.2 Å². The highest BCUT2D eigenvalue weighted by molar-refractivity contribution is 5.92. The SMILES string of the molecule is Cn1nc(NCC(N)=O)c2cc(C(O)C(F)(F)F)ccc21. The number of halogens is 3. The number of benzene rings is 1. The lowest BCUT2D eigenvalue weighted by Gasteiger charge is -2.14. The highest BCUT2D eigenvalue weighted by Crippen LogP contribution is 2.34. The molecule has 1 aromatic carbocycles. The van der Waals surface area contributed by atoms with Crippen molar-refractivity contribution in [2.45, 2.75) is 12.3 Å². The Morgan fingerprint density at radius 2 is 2.19 bits per heavy atom. The minimum atomic E-state index is -4.75. The number of carbonyl (C=O) groups is 1. The monoisotopic (exact) mass is 302 g/mol. The Kier molecular flexibility index (Phi) is 3.77. The van der Waals surface area contributed by atoms with E-state index in [0.717, 1.165) is 0 Å². The molecule has 1 heterocycles. The second-order valence-electron chi connectivity index (χ2n) is 4.51. The summed E-state index contributed by atoms with van der Waals surface area (Å²) >= 11 is 0. The van der Waals surface area contributed by atoms with Gasteiger partial charge < -0.3 is 16.2 Å². The Labute approximate surface area is 117 Å². The van der Waals surface area contributed by atoms with Crippen molar-refractivity contribution in [1.29, 1.82) is 0 Å². The Morgan fingerprint density at radius 1 is 1.52 bits per heavy atom. The third-order valence-corrected chi connectivity index (χ3v) is 2.93. The number of alkyl halides is 3. The Hall–Kier alpha value is -2.29. The lowest BCUT2D eigenvalue weighted by atomic mass is 10.1. The molecule has 0 saturated heterocycles. The molecule has 2 aromatic rings. The van der Waals surface area contributed by atoms with Crippen LogP contribution in [0.4, 0.5) is 19.0 Å². The van der Waals surface area contributed by atoms with Crippen LogP contribution < -0.4 is 11.1 Å². The van der Waals surface area contributed by atoms with E-state index in [9.17, 15) is 23.1 Å². The fraction of sp³-hybridized carbons (Fsp3) is 0.333. The van der Waals surface area contributed by atoms with Gasteiger partial charge in [-0.3, -0.25) is 9.48 Å². The minimum Gasteiger partial charge on any atom is -0.379 e. The zero-order chi connectivity index (χ0) is 15.8. The van der Waals surface area contributed by atoms with Crippen LogP contribution in [0.5, 0.6) is 0 Å². The van der Waals surface area contributed by atoms with E-state index in [0.29, 0.717) is 10.9 Å². The number of amides is 1. The Morgan fingerprint density at radius 3 is 2.76 bits per heavy atom. The lowest BCUT2D eigenvalue weighted by Crippen LogP contribution is -2.22. The van der Waals surface area contributed by atoms with E-state index in [1.807, 2.05) is 0 Å². The van der Waals surface area contributed by atoms with Gasteiger partial charge in [0.15, 0.2) is 11.9 Å². The van der Waals surface area contributed by atoms with Gasteiger partial charge in [-0.05, 0) is 17.7 Å². The normalized spacial score (nSPS) is 13.4. The molecule has 114 valence electrons. The fourth-order valence-corrected chi connectivity index (χ4v) is 1.94. The van der Waals surface area contributed by atoms with Gasteiger partial charge >= 0.3 is 6.18 Å². The standard InChI is InChI=1S/C12H13F3N4O2/c1-19-8-3-2-6(10(21)12(13,14)15)4-7(8)11(18-19)17-5-9(16)20/h2-4,10,21H,5H2,1H3,(H2,16,20)(H,17,18). The summed E-state index contributed by atoms with van der Waals surface area (Å²) in [6, 6.07) is 3.78. The van der Waals surface area contributed by atoms with Crippen LogP contribution in [0.15, 0.2) is 18.2 Å². The minimum absolute atomic E-state index is 0.196. The number of fused-ring (bicyclic) bond motifs is 1. The number of aryl methyl sites for hydroxylation is 1. The maximum Gasteiger partial charge on any atom is 0.418 e. The highest BCUT2D eigenvalue weighted by atomic mass is 19.4. The summed E-state index contributed by atoms with van der Waals surface area (Å²) in [5, 5.41) is 16.3. The molecule has 2 rings (SSSR count). The average molecular weight is 302 g/mol. The highest BCUT2D eigenvalue weighted by Gasteiger charge is 2.39. The molecule has 1 unspecified atom stereocenters. The van der Waals surface area contributed by atoms with E-state index in [4.69, 9.17) is 5.73 Å². The van der Waals surface area contributed by atoms with Gasteiger partial charge in [0.2, 0.25) is 5.91 Å². The lowest BCUT2D eigenvalue weighted by molar-refractivity contribution is -0.206. The summed E-state index contributed by atoms with van der Waals surface area (Å²) in [5.41, 5.74) is 5.26. The summed E-state index contributed by atoms with van der Waals surface area (Å²) in [6.07, 6.45) is -7.33. The van der Waals surface area contributed by atoms with Crippen LogP contribution in [0.1, 0.15) is 11.7 Å². The molecule has 0 aliphatic carbocycles. The summed E-state index contributed by atoms with van der Waals surface area (Å²) in [6.45, 7) is -0.196. The average Bonchev–Trinajstić information content (AvgIpc) is 2.71. The van der Waals surface area contributed by atoms with Crippen molar-refractivity contribution in [2.24, 2.45) is 12.8 Å². The molecule has 1 atom stereocenters. The zero-order valence-electron chi connectivity index (χ0n) is 11.0. The van der Waals surface area contributed by atoms with Crippen LogP contribution in [0.2, 0.25) is 0 Å². The molecule has 21 heavy (non-hydrogen) atoms. The molecule has 0 spiro atoms. The Balaban J connectivity index is 2.45. The molecule has 0 saturated carbocycles. The fourth-order valence-electron chi connectivity index (χ4n) is 1.94. The van der Waals surface area contributed by atoms with Gasteiger partial charge in [-0.2, -0.15) is 18.3 Å². The second-order valence-corrected chi connectivity index (χ2v) is 4.51. The molecule has 0 radical (unpaired) electrons. The second kappa shape index (κ2) is 5.24. The molecular weight excluding hydrogens is 289 g/mol. The smallest absolute Gasteiger partial charge is 0.379 e. The van der Waals surface area contributed by atoms with Crippen LogP contribution in [0, 0.1) is 0 Å². The van der Waals surface area contributed by atoms with E-state index in [1.54, 1.807) is 7.05 Å². The number of hydrogen-bond acceptors (Lipinski definition) is 4. The first-order chi connectivity index (χ1) is 9.70. The first-order valence-electron chi connectivity index (χ1n) is 5.93. The largest absolute Gasteiger partial charge is 0.418 e. The van der Waals surface area contributed by atoms with Crippen molar-refractivity contribution in [3.8, 4) is 0 Å². The number of primary amides is 1. The molecule has 1 aromatic heterocycles. The van der Waals surface area contributed by atoms with Gasteiger partial charge in [0.05, 0.1) is 12.1 Å². The van der Waals surface area contributed by atoms with Crippen molar-refractivity contribution in [2.75, 3.05) is 11.9 Å². The first kappa shape index (κ1) is 15.1. The van der Waals surface area contributed by atoms with Gasteiger partial charge in [0, 0.05) is 12.4 Å². The molecule has 0 aliphatic heterocycles. The van der Waals surface area contributed by atoms with Crippen molar-refractivity contribution in [3.63, 3.8) is 0 Å². The van der Waals surface area contributed by atoms with Crippen LogP contribution in [0.25, 0.3) is 10.9 Å². The molecular formula is C12H13F3N4O2. The number of anilines is 1. The molecule has 0 aliphatic rings. The molecule has 1 amide bonds. The van der Waals surface area contributed by atoms with Gasteiger partial charge in [0.25, 0.3) is 0 Å². The maximum absolute atomic E-state index is 12.5. The third kappa shape index (κ3) is 3.07. The topological polar surface area (TPSA) is 93.2 Å². The Bertz CT molecular complexity index is 681. The number of rotatable bonds is 4. The number of nitrogens with zero attached hydrogens (tertiary/aromatic N) is 2. The maximum atomic E-state index is 12.5. The number of aromatic nitrogens is 2. The first-order valence-corrected chi connectivity index (χ1v) is 5.93. The van der Waals surface area contributed by atoms with E-state index >= 15 is 0 Å². The number of aliphatic hydroxyl groups excluding tert-OH is 1. The van der Waals surface area contributed by atoms with E-state index in [2.05, 4.69) is 10.4 Å². The number of hydrogen-bond donors (Lipinski definition) is 3. The summed E-state index contributed by atoms with van der Waals surface area (Å²) in [7, 11) is 1.61. The number of aliphatic hydroxyl groups is 1. The molecule has 9 heteroatoms. The third-order valence-electron chi connectivity index (χ3n) is 2.93. The van der Waals surface area contributed by atoms with E-state index in [-0.39, 0.29) is 17.9 Å². The van der Waals surface area contributed by atoms with Gasteiger partial charge in [0.1, 0.15) is 0 Å². The zero-order valence-corrected chi connectivity index (χ0v) is 11.0. The predicted molar refractivity (Wildman–Crippen MR) is 69.4 cm³/mol. The van der Waals surface area contributed by atoms with Crippen molar-refractivity contribution < 1.29 is 23.1 Å². The molecule has 6 nitrogen and oxygen atoms in total. The quantitative estimate of drug-likeness (QED) is 0.787. The van der Waals surface area contributed by atoms with Gasteiger partial charge in [-0.1, -0.05) is 6.07 Å². The molecule has 4 N–H and O–H groups in total. The van der Waals surface area contributed by atoms with Crippen LogP contribution >= 0.6 is 0 Å². The van der Waals surface area contributed by atoms with Gasteiger partial charge in [-0.15, -0.1) is 0 Å².